The molecule has 5 heteroatoms. The summed E-state index contributed by atoms with van der Waals surface area (Å²) < 4.78 is 13.1. The van der Waals surface area contributed by atoms with Gasteiger partial charge in [0.2, 0.25) is 5.91 Å². The number of amides is 1. The van der Waals surface area contributed by atoms with Gasteiger partial charge in [-0.3, -0.25) is 4.79 Å². The van der Waals surface area contributed by atoms with Crippen LogP contribution in [0.25, 0.3) is 0 Å². The Labute approximate surface area is 121 Å². The van der Waals surface area contributed by atoms with Gasteiger partial charge in [0, 0.05) is 12.2 Å². The third-order valence-electron chi connectivity index (χ3n) is 2.94. The Bertz CT molecular complexity index is 604. The van der Waals surface area contributed by atoms with Crippen molar-refractivity contribution in [2.45, 2.75) is 5.92 Å². The number of rotatable bonds is 4. The molecule has 0 aliphatic carbocycles. The summed E-state index contributed by atoms with van der Waals surface area (Å²) in [7, 11) is 0. The van der Waals surface area contributed by atoms with Crippen LogP contribution < -0.4 is 11.1 Å². The monoisotopic (exact) mass is 292 g/mol. The maximum Gasteiger partial charge on any atom is 0.233 e. The van der Waals surface area contributed by atoms with E-state index in [1.165, 1.54) is 18.2 Å². The number of hydrogen-bond donors (Lipinski definition) is 2. The highest BCUT2D eigenvalue weighted by Crippen LogP contribution is 2.21. The number of carbonyl (C=O) groups excluding carboxylic acids is 1. The molecule has 1 unspecified atom stereocenters. The third-order valence-corrected chi connectivity index (χ3v) is 3.23. The molecule has 3 N–H and O–H groups in total. The van der Waals surface area contributed by atoms with Gasteiger partial charge >= 0.3 is 0 Å². The van der Waals surface area contributed by atoms with Gasteiger partial charge in [0.25, 0.3) is 0 Å². The first-order valence-corrected chi connectivity index (χ1v) is 6.50. The molecular weight excluding hydrogens is 279 g/mol. The SMILES string of the molecule is NCC(C(=O)Nc1ccc(F)c(Cl)c1)c1ccccc1. The van der Waals surface area contributed by atoms with Crippen LogP contribution in [0.5, 0.6) is 0 Å². The summed E-state index contributed by atoms with van der Waals surface area (Å²) in [5.41, 5.74) is 6.94. The zero-order valence-corrected chi connectivity index (χ0v) is 11.4. The number of anilines is 1. The molecule has 2 rings (SSSR count). The Kier molecular flexibility index (Phi) is 4.71. The second-order valence-electron chi connectivity index (χ2n) is 4.32. The fourth-order valence-corrected chi connectivity index (χ4v) is 2.06. The first-order valence-electron chi connectivity index (χ1n) is 6.12. The van der Waals surface area contributed by atoms with Gasteiger partial charge in [-0.2, -0.15) is 0 Å². The lowest BCUT2D eigenvalue weighted by atomic mass is 9.98. The van der Waals surface area contributed by atoms with Crippen molar-refractivity contribution in [3.8, 4) is 0 Å². The van der Waals surface area contributed by atoms with Crippen LogP contribution in [0.1, 0.15) is 11.5 Å². The summed E-state index contributed by atoms with van der Waals surface area (Å²) in [6, 6.07) is 13.3. The number of halogens is 2. The molecule has 0 saturated carbocycles. The number of benzene rings is 2. The van der Waals surface area contributed by atoms with E-state index in [9.17, 15) is 9.18 Å². The summed E-state index contributed by atoms with van der Waals surface area (Å²) in [4.78, 5) is 12.2. The standard InChI is InChI=1S/C15H14ClFN2O/c16-13-8-11(6-7-14(13)17)19-15(20)12(9-18)10-4-2-1-3-5-10/h1-8,12H,9,18H2,(H,19,20). The largest absolute Gasteiger partial charge is 0.329 e. The van der Waals surface area contributed by atoms with Crippen molar-refractivity contribution in [1.29, 1.82) is 0 Å². The number of carbonyl (C=O) groups is 1. The molecule has 1 atom stereocenters. The Morgan fingerprint density at radius 1 is 1.25 bits per heavy atom. The molecule has 20 heavy (non-hydrogen) atoms. The summed E-state index contributed by atoms with van der Waals surface area (Å²) in [5, 5.41) is 2.65. The molecule has 1 amide bonds. The van der Waals surface area contributed by atoms with E-state index in [2.05, 4.69) is 5.32 Å². The summed E-state index contributed by atoms with van der Waals surface area (Å²) in [6.45, 7) is 0.185. The molecule has 0 aliphatic rings. The van der Waals surface area contributed by atoms with Gasteiger partial charge < -0.3 is 11.1 Å². The quantitative estimate of drug-likeness (QED) is 0.909. The van der Waals surface area contributed by atoms with E-state index in [4.69, 9.17) is 17.3 Å². The summed E-state index contributed by atoms with van der Waals surface area (Å²) in [5.74, 6) is -1.23. The van der Waals surface area contributed by atoms with E-state index in [1.54, 1.807) is 0 Å². The van der Waals surface area contributed by atoms with Crippen molar-refractivity contribution >= 4 is 23.2 Å². The van der Waals surface area contributed by atoms with Crippen LogP contribution in [0.2, 0.25) is 5.02 Å². The molecular formula is C15H14ClFN2O. The molecule has 0 heterocycles. The minimum Gasteiger partial charge on any atom is -0.329 e. The molecule has 0 saturated heterocycles. The Balaban J connectivity index is 2.15. The molecule has 2 aromatic rings. The van der Waals surface area contributed by atoms with E-state index in [0.717, 1.165) is 5.56 Å². The molecule has 3 nitrogen and oxygen atoms in total. The third kappa shape index (κ3) is 3.35. The maximum absolute atomic E-state index is 13.1. The minimum absolute atomic E-state index is 0.0354. The molecule has 0 radical (unpaired) electrons. The molecule has 0 aromatic heterocycles. The molecule has 0 bridgehead atoms. The smallest absolute Gasteiger partial charge is 0.233 e. The van der Waals surface area contributed by atoms with Crippen molar-refractivity contribution < 1.29 is 9.18 Å². The lowest BCUT2D eigenvalue weighted by Crippen LogP contribution is -2.27. The van der Waals surface area contributed by atoms with E-state index in [1.807, 2.05) is 30.3 Å². The maximum atomic E-state index is 13.1. The fourth-order valence-electron chi connectivity index (χ4n) is 1.88. The normalized spacial score (nSPS) is 11.9. The lowest BCUT2D eigenvalue weighted by Gasteiger charge is -2.15. The predicted molar refractivity (Wildman–Crippen MR) is 78.3 cm³/mol. The van der Waals surface area contributed by atoms with Crippen LogP contribution in [0.15, 0.2) is 48.5 Å². The van der Waals surface area contributed by atoms with E-state index < -0.39 is 11.7 Å². The fraction of sp³-hybridized carbons (Fsp3) is 0.133. The Morgan fingerprint density at radius 3 is 2.55 bits per heavy atom. The van der Waals surface area contributed by atoms with Crippen LogP contribution in [-0.4, -0.2) is 12.5 Å². The van der Waals surface area contributed by atoms with E-state index in [0.29, 0.717) is 5.69 Å². The van der Waals surface area contributed by atoms with Gasteiger partial charge in [-0.25, -0.2) is 4.39 Å². The molecule has 0 fully saturated rings. The van der Waals surface area contributed by atoms with Gasteiger partial charge in [-0.05, 0) is 23.8 Å². The van der Waals surface area contributed by atoms with Gasteiger partial charge in [0.15, 0.2) is 0 Å². The Hall–Kier alpha value is -1.91. The van der Waals surface area contributed by atoms with Crippen LogP contribution >= 0.6 is 11.6 Å². The highest BCUT2D eigenvalue weighted by Gasteiger charge is 2.19. The average Bonchev–Trinajstić information content (AvgIpc) is 2.45. The number of nitrogens with two attached hydrogens (primary N) is 1. The van der Waals surface area contributed by atoms with Crippen molar-refractivity contribution in [2.24, 2.45) is 5.73 Å². The van der Waals surface area contributed by atoms with Gasteiger partial charge in [-0.1, -0.05) is 41.9 Å². The van der Waals surface area contributed by atoms with Crippen LogP contribution in [0.3, 0.4) is 0 Å². The van der Waals surface area contributed by atoms with Gasteiger partial charge in [-0.15, -0.1) is 0 Å². The van der Waals surface area contributed by atoms with E-state index in [-0.39, 0.29) is 17.5 Å². The first-order chi connectivity index (χ1) is 9.61. The molecule has 2 aromatic carbocycles. The highest BCUT2D eigenvalue weighted by atomic mass is 35.5. The van der Waals surface area contributed by atoms with Crippen molar-refractivity contribution in [2.75, 3.05) is 11.9 Å². The van der Waals surface area contributed by atoms with Crippen LogP contribution in [0.4, 0.5) is 10.1 Å². The van der Waals surface area contributed by atoms with Crippen molar-refractivity contribution in [1.82, 2.24) is 0 Å². The second kappa shape index (κ2) is 6.50. The van der Waals surface area contributed by atoms with Gasteiger partial charge in [0.1, 0.15) is 5.82 Å². The predicted octanol–water partition coefficient (Wildman–Crippen LogP) is 3.16. The zero-order valence-electron chi connectivity index (χ0n) is 10.6. The van der Waals surface area contributed by atoms with Gasteiger partial charge in [0.05, 0.1) is 10.9 Å². The molecule has 104 valence electrons. The Morgan fingerprint density at radius 2 is 1.95 bits per heavy atom. The zero-order chi connectivity index (χ0) is 14.5. The summed E-state index contributed by atoms with van der Waals surface area (Å²) in [6.07, 6.45) is 0. The molecule has 0 aliphatic heterocycles. The minimum atomic E-state index is -0.525. The summed E-state index contributed by atoms with van der Waals surface area (Å²) >= 11 is 5.68. The average molecular weight is 293 g/mol. The van der Waals surface area contributed by atoms with Crippen molar-refractivity contribution in [3.63, 3.8) is 0 Å². The molecule has 0 spiro atoms. The topological polar surface area (TPSA) is 55.1 Å². The van der Waals surface area contributed by atoms with Crippen LogP contribution in [0, 0.1) is 5.82 Å². The lowest BCUT2D eigenvalue weighted by molar-refractivity contribution is -0.117. The number of hydrogen-bond acceptors (Lipinski definition) is 2. The van der Waals surface area contributed by atoms with Crippen molar-refractivity contribution in [3.05, 3.63) is 64.9 Å². The van der Waals surface area contributed by atoms with E-state index >= 15 is 0 Å². The number of nitrogens with one attached hydrogen (secondary N) is 1. The first kappa shape index (κ1) is 14.5. The highest BCUT2D eigenvalue weighted by molar-refractivity contribution is 6.31. The van der Waals surface area contributed by atoms with Crippen LogP contribution in [-0.2, 0) is 4.79 Å². The second-order valence-corrected chi connectivity index (χ2v) is 4.72.